The first-order valence-electron chi connectivity index (χ1n) is 5.74. The number of halogens is 3. The van der Waals surface area contributed by atoms with Gasteiger partial charge in [0.1, 0.15) is 0 Å². The molecule has 1 N–H and O–H groups in total. The lowest BCUT2D eigenvalue weighted by Crippen LogP contribution is -2.35. The molecule has 0 amide bonds. The molecular formula is C12H13F3N2O3S. The van der Waals surface area contributed by atoms with Crippen molar-refractivity contribution < 1.29 is 26.3 Å². The second kappa shape index (κ2) is 6.43. The summed E-state index contributed by atoms with van der Waals surface area (Å²) in [4.78, 5) is -0.559. The fourth-order valence-electron chi connectivity index (χ4n) is 1.64. The smallest absolute Gasteiger partial charge is 0.383 e. The summed E-state index contributed by atoms with van der Waals surface area (Å²) in [6.07, 6.45) is -4.81. The first-order valence-corrected chi connectivity index (χ1v) is 7.22. The summed E-state index contributed by atoms with van der Waals surface area (Å²) in [6.45, 7) is 1.58. The molecule has 1 aromatic rings. The van der Waals surface area contributed by atoms with Gasteiger partial charge in [-0.15, -0.1) is 0 Å². The highest BCUT2D eigenvalue weighted by Crippen LogP contribution is 2.33. The Morgan fingerprint density at radius 2 is 2.05 bits per heavy atom. The van der Waals surface area contributed by atoms with Gasteiger partial charge in [0.2, 0.25) is 10.0 Å². The summed E-state index contributed by atoms with van der Waals surface area (Å²) in [5.74, 6) is 0. The van der Waals surface area contributed by atoms with E-state index in [2.05, 4.69) is 4.72 Å². The molecule has 0 radical (unpaired) electrons. The minimum Gasteiger partial charge on any atom is -0.383 e. The summed E-state index contributed by atoms with van der Waals surface area (Å²) >= 11 is 0. The average molecular weight is 322 g/mol. The zero-order valence-corrected chi connectivity index (χ0v) is 12.0. The largest absolute Gasteiger partial charge is 0.417 e. The van der Waals surface area contributed by atoms with Gasteiger partial charge in [-0.05, 0) is 25.1 Å². The van der Waals surface area contributed by atoms with Crippen LogP contribution in [0.3, 0.4) is 0 Å². The maximum absolute atomic E-state index is 12.8. The fraction of sp³-hybridized carbons (Fsp3) is 0.417. The molecular weight excluding hydrogens is 309 g/mol. The van der Waals surface area contributed by atoms with E-state index < -0.39 is 38.3 Å². The van der Waals surface area contributed by atoms with Gasteiger partial charge in [-0.2, -0.15) is 18.4 Å². The molecule has 5 nitrogen and oxygen atoms in total. The number of rotatable bonds is 5. The number of hydrogen-bond donors (Lipinski definition) is 1. The molecule has 9 heteroatoms. The van der Waals surface area contributed by atoms with E-state index in [-0.39, 0.29) is 6.61 Å². The molecule has 0 spiro atoms. The standard InChI is InChI=1S/C12H13F3N2O3S/c1-8(7-20-2)17-21(18,19)10-4-3-9(6-16)11(5-10)12(13,14)15/h3-5,8,17H,7H2,1-2H3/t8-/m0/s1. The predicted octanol–water partition coefficient (Wildman–Crippen LogP) is 1.89. The number of nitrogens with zero attached hydrogens (tertiary/aromatic N) is 1. The quantitative estimate of drug-likeness (QED) is 0.898. The van der Waals surface area contributed by atoms with E-state index in [1.807, 2.05) is 0 Å². The molecule has 0 fully saturated rings. The highest BCUT2D eigenvalue weighted by atomic mass is 32.2. The monoisotopic (exact) mass is 322 g/mol. The van der Waals surface area contributed by atoms with Crippen molar-refractivity contribution in [1.82, 2.24) is 4.72 Å². The van der Waals surface area contributed by atoms with Gasteiger partial charge < -0.3 is 4.74 Å². The van der Waals surface area contributed by atoms with E-state index >= 15 is 0 Å². The van der Waals surface area contributed by atoms with Crippen molar-refractivity contribution >= 4 is 10.0 Å². The molecule has 0 heterocycles. The zero-order valence-electron chi connectivity index (χ0n) is 11.2. The molecule has 1 atom stereocenters. The molecule has 0 aliphatic rings. The third-order valence-electron chi connectivity index (χ3n) is 2.50. The van der Waals surface area contributed by atoms with Crippen LogP contribution in [0.1, 0.15) is 18.1 Å². The first kappa shape index (κ1) is 17.4. The maximum Gasteiger partial charge on any atom is 0.417 e. The summed E-state index contributed by atoms with van der Waals surface area (Å²) < 4.78 is 69.3. The van der Waals surface area contributed by atoms with E-state index in [9.17, 15) is 21.6 Å². The van der Waals surface area contributed by atoms with Crippen LogP contribution >= 0.6 is 0 Å². The SMILES string of the molecule is COC[C@H](C)NS(=O)(=O)c1ccc(C#N)c(C(F)(F)F)c1. The van der Waals surface area contributed by atoms with Gasteiger partial charge in [-0.25, -0.2) is 13.1 Å². The minimum atomic E-state index is -4.81. The molecule has 116 valence electrons. The number of hydrogen-bond acceptors (Lipinski definition) is 4. The van der Waals surface area contributed by atoms with Crippen LogP contribution in [0.25, 0.3) is 0 Å². The average Bonchev–Trinajstić information content (AvgIpc) is 2.36. The Hall–Kier alpha value is -1.63. The van der Waals surface area contributed by atoms with Crippen molar-refractivity contribution in [2.75, 3.05) is 13.7 Å². The van der Waals surface area contributed by atoms with Crippen molar-refractivity contribution in [2.45, 2.75) is 24.0 Å². The molecule has 0 bridgehead atoms. The van der Waals surface area contributed by atoms with Gasteiger partial charge in [0, 0.05) is 13.2 Å². The Kier molecular flexibility index (Phi) is 5.33. The number of alkyl halides is 3. The normalized spacial score (nSPS) is 13.7. The lowest BCUT2D eigenvalue weighted by atomic mass is 10.1. The number of nitriles is 1. The Morgan fingerprint density at radius 1 is 1.43 bits per heavy atom. The van der Waals surface area contributed by atoms with Crippen LogP contribution in [-0.2, 0) is 20.9 Å². The number of ether oxygens (including phenoxy) is 1. The molecule has 0 aliphatic carbocycles. The second-order valence-electron chi connectivity index (χ2n) is 4.29. The van der Waals surface area contributed by atoms with Gasteiger partial charge in [0.15, 0.2) is 0 Å². The maximum atomic E-state index is 12.8. The third kappa shape index (κ3) is 4.42. The van der Waals surface area contributed by atoms with Gasteiger partial charge in [0.05, 0.1) is 28.7 Å². The molecule has 1 aromatic carbocycles. The van der Waals surface area contributed by atoms with Crippen LogP contribution in [0.2, 0.25) is 0 Å². The summed E-state index contributed by atoms with van der Waals surface area (Å²) in [7, 11) is -2.76. The molecule has 0 saturated carbocycles. The zero-order chi connectivity index (χ0) is 16.3. The Labute approximate surface area is 120 Å². The van der Waals surface area contributed by atoms with Crippen LogP contribution in [-0.4, -0.2) is 28.2 Å². The molecule has 21 heavy (non-hydrogen) atoms. The van der Waals surface area contributed by atoms with E-state index in [1.54, 1.807) is 0 Å². The molecule has 1 rings (SSSR count). The lowest BCUT2D eigenvalue weighted by molar-refractivity contribution is -0.137. The summed E-state index contributed by atoms with van der Waals surface area (Å²) in [6, 6.07) is 3.01. The molecule has 0 saturated heterocycles. The highest BCUT2D eigenvalue weighted by Gasteiger charge is 2.35. The molecule has 0 aliphatic heterocycles. The van der Waals surface area contributed by atoms with Crippen molar-refractivity contribution in [2.24, 2.45) is 0 Å². The van der Waals surface area contributed by atoms with Gasteiger partial charge >= 0.3 is 6.18 Å². The van der Waals surface area contributed by atoms with E-state index in [0.717, 1.165) is 12.1 Å². The Balaban J connectivity index is 3.24. The molecule has 0 unspecified atom stereocenters. The number of sulfonamides is 1. The van der Waals surface area contributed by atoms with Crippen molar-refractivity contribution in [3.05, 3.63) is 29.3 Å². The van der Waals surface area contributed by atoms with Crippen LogP contribution in [0.5, 0.6) is 0 Å². The summed E-state index contributed by atoms with van der Waals surface area (Å²) in [5, 5.41) is 8.66. The minimum absolute atomic E-state index is 0.0711. The van der Waals surface area contributed by atoms with E-state index in [1.165, 1.54) is 20.1 Å². The predicted molar refractivity (Wildman–Crippen MR) is 67.8 cm³/mol. The number of benzene rings is 1. The lowest BCUT2D eigenvalue weighted by Gasteiger charge is -2.15. The van der Waals surface area contributed by atoms with Crippen molar-refractivity contribution in [3.8, 4) is 6.07 Å². The van der Waals surface area contributed by atoms with Crippen molar-refractivity contribution in [1.29, 1.82) is 5.26 Å². The van der Waals surface area contributed by atoms with Crippen LogP contribution < -0.4 is 4.72 Å². The van der Waals surface area contributed by atoms with Gasteiger partial charge in [0.25, 0.3) is 0 Å². The summed E-state index contributed by atoms with van der Waals surface area (Å²) in [5.41, 5.74) is -1.92. The topological polar surface area (TPSA) is 79.2 Å². The Bertz CT molecular complexity index is 651. The first-order chi connectivity index (χ1) is 9.61. The van der Waals surface area contributed by atoms with Gasteiger partial charge in [-0.1, -0.05) is 0 Å². The third-order valence-corrected chi connectivity index (χ3v) is 4.09. The second-order valence-corrected chi connectivity index (χ2v) is 6.01. The van der Waals surface area contributed by atoms with Crippen LogP contribution in [0, 0.1) is 11.3 Å². The van der Waals surface area contributed by atoms with Gasteiger partial charge in [-0.3, -0.25) is 0 Å². The van der Waals surface area contributed by atoms with E-state index in [4.69, 9.17) is 10.00 Å². The van der Waals surface area contributed by atoms with Crippen LogP contribution in [0.4, 0.5) is 13.2 Å². The van der Waals surface area contributed by atoms with Crippen molar-refractivity contribution in [3.63, 3.8) is 0 Å². The fourth-order valence-corrected chi connectivity index (χ4v) is 2.89. The highest BCUT2D eigenvalue weighted by molar-refractivity contribution is 7.89. The molecule has 0 aromatic heterocycles. The van der Waals surface area contributed by atoms with E-state index in [0.29, 0.717) is 6.07 Å². The number of nitrogens with one attached hydrogen (secondary N) is 1. The number of methoxy groups -OCH3 is 1. The van der Waals surface area contributed by atoms with Crippen LogP contribution in [0.15, 0.2) is 23.1 Å². The Morgan fingerprint density at radius 3 is 2.52 bits per heavy atom.